The van der Waals surface area contributed by atoms with E-state index in [0.29, 0.717) is 0 Å². The van der Waals surface area contributed by atoms with E-state index >= 15 is 0 Å². The van der Waals surface area contributed by atoms with E-state index in [4.69, 9.17) is 16.7 Å². The van der Waals surface area contributed by atoms with E-state index in [1.165, 1.54) is 0 Å². The van der Waals surface area contributed by atoms with E-state index in [2.05, 4.69) is 4.98 Å². The molecule has 0 bridgehead atoms. The van der Waals surface area contributed by atoms with E-state index in [1.807, 2.05) is 0 Å². The molecule has 0 amide bonds. The second-order valence-electron chi connectivity index (χ2n) is 2.53. The number of halogens is 6. The monoisotopic (exact) mass is 247 g/mol. The molecule has 0 saturated carbocycles. The zero-order chi connectivity index (χ0) is 11.8. The third-order valence-electron chi connectivity index (χ3n) is 1.49. The maximum atomic E-state index is 12.1. The Balaban J connectivity index is 3.32. The van der Waals surface area contributed by atoms with Gasteiger partial charge in [-0.1, -0.05) is 11.6 Å². The van der Waals surface area contributed by atoms with Crippen molar-refractivity contribution < 1.29 is 27.1 Å². The van der Waals surface area contributed by atoms with Crippen LogP contribution in [-0.4, -0.2) is 10.1 Å². The molecular formula is C7H3ClF5NO. The lowest BCUT2D eigenvalue weighted by Crippen LogP contribution is -2.09. The molecule has 0 aliphatic rings. The Labute approximate surface area is 85.3 Å². The van der Waals surface area contributed by atoms with Crippen LogP contribution in [-0.2, 0) is 6.18 Å². The van der Waals surface area contributed by atoms with Crippen LogP contribution < -0.4 is 0 Å². The van der Waals surface area contributed by atoms with Gasteiger partial charge in [0.15, 0.2) is 5.69 Å². The zero-order valence-corrected chi connectivity index (χ0v) is 7.57. The Bertz CT molecular complexity index is 378. The molecule has 0 spiro atoms. The summed E-state index contributed by atoms with van der Waals surface area (Å²) in [5.74, 6) is -1.37. The van der Waals surface area contributed by atoms with Gasteiger partial charge in [-0.2, -0.15) is 13.2 Å². The van der Waals surface area contributed by atoms with Crippen molar-refractivity contribution in [1.82, 2.24) is 4.98 Å². The van der Waals surface area contributed by atoms with Gasteiger partial charge in [0.1, 0.15) is 10.9 Å². The molecule has 0 saturated heterocycles. The van der Waals surface area contributed by atoms with Crippen LogP contribution >= 0.6 is 11.6 Å². The van der Waals surface area contributed by atoms with Crippen LogP contribution in [0.15, 0.2) is 6.07 Å². The summed E-state index contributed by atoms with van der Waals surface area (Å²) in [5, 5.41) is 7.85. The van der Waals surface area contributed by atoms with Crippen molar-refractivity contribution in [1.29, 1.82) is 0 Å². The second kappa shape index (κ2) is 3.80. The van der Waals surface area contributed by atoms with E-state index in [1.54, 1.807) is 0 Å². The molecule has 1 heterocycles. The van der Waals surface area contributed by atoms with Crippen LogP contribution in [0.5, 0.6) is 5.75 Å². The minimum Gasteiger partial charge on any atom is -0.506 e. The highest BCUT2D eigenvalue weighted by atomic mass is 35.5. The minimum absolute atomic E-state index is 0.253. The third-order valence-corrected chi connectivity index (χ3v) is 1.79. The Morgan fingerprint density at radius 2 is 1.87 bits per heavy atom. The largest absolute Gasteiger partial charge is 0.506 e. The van der Waals surface area contributed by atoms with Crippen molar-refractivity contribution in [2.75, 3.05) is 0 Å². The minimum atomic E-state index is -4.94. The highest BCUT2D eigenvalue weighted by Crippen LogP contribution is 2.38. The quantitative estimate of drug-likeness (QED) is 0.609. The fourth-order valence-electron chi connectivity index (χ4n) is 0.857. The van der Waals surface area contributed by atoms with Gasteiger partial charge in [0.2, 0.25) is 0 Å². The fourth-order valence-corrected chi connectivity index (χ4v) is 1.08. The smallest absolute Gasteiger partial charge is 0.437 e. The lowest BCUT2D eigenvalue weighted by molar-refractivity contribution is -0.142. The second-order valence-corrected chi connectivity index (χ2v) is 2.89. The molecule has 0 atom stereocenters. The summed E-state index contributed by atoms with van der Waals surface area (Å²) in [6.07, 6.45) is -8.04. The van der Waals surface area contributed by atoms with Crippen LogP contribution in [0.3, 0.4) is 0 Å². The summed E-state index contributed by atoms with van der Waals surface area (Å²) >= 11 is 5.10. The molecule has 84 valence electrons. The number of nitrogens with zero attached hydrogens (tertiary/aromatic N) is 1. The number of aromatic nitrogens is 1. The molecule has 0 aliphatic carbocycles. The Kier molecular flexibility index (Phi) is 3.03. The molecule has 8 heteroatoms. The van der Waals surface area contributed by atoms with E-state index in [9.17, 15) is 22.0 Å². The average molecular weight is 248 g/mol. The van der Waals surface area contributed by atoms with Crippen LogP contribution in [0.4, 0.5) is 22.0 Å². The van der Waals surface area contributed by atoms with E-state index in [-0.39, 0.29) is 6.07 Å². The van der Waals surface area contributed by atoms with E-state index < -0.39 is 34.8 Å². The summed E-state index contributed by atoms with van der Waals surface area (Å²) in [5.41, 5.74) is -2.63. The number of hydrogen-bond acceptors (Lipinski definition) is 2. The van der Waals surface area contributed by atoms with Crippen LogP contribution in [0.25, 0.3) is 0 Å². The molecule has 1 rings (SSSR count). The number of aromatic hydroxyl groups is 1. The highest BCUT2D eigenvalue weighted by molar-refractivity contribution is 6.30. The highest BCUT2D eigenvalue weighted by Gasteiger charge is 2.37. The van der Waals surface area contributed by atoms with Gasteiger partial charge in [-0.3, -0.25) is 0 Å². The fraction of sp³-hybridized carbons (Fsp3) is 0.286. The number of alkyl halides is 5. The summed E-state index contributed by atoms with van der Waals surface area (Å²) in [6, 6.07) is 0.253. The molecule has 2 nitrogen and oxygen atoms in total. The van der Waals surface area contributed by atoms with Gasteiger partial charge in [0, 0.05) is 0 Å². The number of rotatable bonds is 1. The van der Waals surface area contributed by atoms with Gasteiger partial charge in [0.25, 0.3) is 6.43 Å². The van der Waals surface area contributed by atoms with Crippen molar-refractivity contribution in [3.63, 3.8) is 0 Å². The summed E-state index contributed by atoms with van der Waals surface area (Å²) in [7, 11) is 0. The summed E-state index contributed by atoms with van der Waals surface area (Å²) < 4.78 is 60.5. The van der Waals surface area contributed by atoms with Crippen molar-refractivity contribution in [2.45, 2.75) is 12.6 Å². The summed E-state index contributed by atoms with van der Waals surface area (Å²) in [4.78, 5) is 2.68. The predicted molar refractivity (Wildman–Crippen MR) is 40.9 cm³/mol. The molecule has 0 radical (unpaired) electrons. The molecule has 0 aliphatic heterocycles. The third kappa shape index (κ3) is 2.47. The van der Waals surface area contributed by atoms with Crippen molar-refractivity contribution >= 4 is 11.6 Å². The van der Waals surface area contributed by atoms with Crippen molar-refractivity contribution in [3.8, 4) is 5.75 Å². The van der Waals surface area contributed by atoms with Crippen LogP contribution in [0, 0.1) is 0 Å². The van der Waals surface area contributed by atoms with Gasteiger partial charge in [-0.15, -0.1) is 0 Å². The SMILES string of the molecule is Oc1cc(C(F)F)c(Cl)nc1C(F)(F)F. The molecule has 1 N–H and O–H groups in total. The molecule has 1 aromatic heterocycles. The lowest BCUT2D eigenvalue weighted by atomic mass is 10.2. The first-order valence-electron chi connectivity index (χ1n) is 3.48. The first-order chi connectivity index (χ1) is 6.73. The van der Waals surface area contributed by atoms with Gasteiger partial charge < -0.3 is 5.11 Å². The van der Waals surface area contributed by atoms with E-state index in [0.717, 1.165) is 0 Å². The lowest BCUT2D eigenvalue weighted by Gasteiger charge is -2.10. The number of hydrogen-bond donors (Lipinski definition) is 1. The molecule has 1 aromatic rings. The molecule has 0 aromatic carbocycles. The molecular weight excluding hydrogens is 245 g/mol. The summed E-state index contributed by atoms with van der Waals surface area (Å²) in [6.45, 7) is 0. The average Bonchev–Trinajstić information content (AvgIpc) is 2.06. The maximum absolute atomic E-state index is 12.1. The maximum Gasteiger partial charge on any atom is 0.437 e. The van der Waals surface area contributed by atoms with Gasteiger partial charge >= 0.3 is 6.18 Å². The Hall–Kier alpha value is -1.11. The first-order valence-corrected chi connectivity index (χ1v) is 3.86. The normalized spacial score (nSPS) is 12.2. The van der Waals surface area contributed by atoms with Gasteiger partial charge in [-0.25, -0.2) is 13.8 Å². The van der Waals surface area contributed by atoms with Crippen molar-refractivity contribution in [2.24, 2.45) is 0 Å². The molecule has 0 unspecified atom stereocenters. The zero-order valence-electron chi connectivity index (χ0n) is 6.82. The topological polar surface area (TPSA) is 33.1 Å². The number of pyridine rings is 1. The van der Waals surface area contributed by atoms with Gasteiger partial charge in [-0.05, 0) is 6.07 Å². The van der Waals surface area contributed by atoms with Gasteiger partial charge in [0.05, 0.1) is 5.56 Å². The van der Waals surface area contributed by atoms with Crippen LogP contribution in [0.2, 0.25) is 5.15 Å². The van der Waals surface area contributed by atoms with Crippen molar-refractivity contribution in [3.05, 3.63) is 22.5 Å². The Morgan fingerprint density at radius 3 is 2.27 bits per heavy atom. The standard InChI is InChI=1S/C7H3ClF5NO/c8-5-2(6(9)10)1-3(15)4(14-5)7(11,12)13/h1,6,15H. The molecule has 0 fully saturated rings. The predicted octanol–water partition coefficient (Wildman–Crippen LogP) is 3.40. The van der Waals surface area contributed by atoms with Crippen LogP contribution in [0.1, 0.15) is 17.7 Å². The Morgan fingerprint density at radius 1 is 1.33 bits per heavy atom. The first kappa shape index (κ1) is 12.0. The molecule has 15 heavy (non-hydrogen) atoms.